The van der Waals surface area contributed by atoms with Crippen molar-refractivity contribution < 1.29 is 14.6 Å². The molecule has 1 N–H and O–H groups in total. The van der Waals surface area contributed by atoms with Gasteiger partial charge in [0.2, 0.25) is 0 Å². The highest BCUT2D eigenvalue weighted by molar-refractivity contribution is 5.71. The molecule has 1 aromatic heterocycles. The van der Waals surface area contributed by atoms with Gasteiger partial charge in [0.25, 0.3) is 0 Å². The number of aryl methyl sites for hydroxylation is 1. The molecule has 1 heterocycles. The van der Waals surface area contributed by atoms with Crippen LogP contribution in [0.15, 0.2) is 0 Å². The number of hydrogen-bond donors (Lipinski definition) is 1. The lowest BCUT2D eigenvalue weighted by Gasteiger charge is -2.19. The Morgan fingerprint density at radius 3 is 2.27 bits per heavy atom. The standard InChI is InChI=1S/C10H16N2O3/c1-6-8(13)7(2)12(11-6)9(14)15-10(3,4)5/h13H,1-5H3. The number of hydrogen-bond acceptors (Lipinski definition) is 4. The van der Waals surface area contributed by atoms with Gasteiger partial charge in [0, 0.05) is 0 Å². The van der Waals surface area contributed by atoms with Crippen LogP contribution in [-0.4, -0.2) is 26.6 Å². The summed E-state index contributed by atoms with van der Waals surface area (Å²) in [6.07, 6.45) is -0.580. The SMILES string of the molecule is Cc1nn(C(=O)OC(C)(C)C)c(C)c1O. The molecule has 1 rings (SSSR count). The van der Waals surface area contributed by atoms with Crippen LogP contribution in [0.1, 0.15) is 32.2 Å². The molecular formula is C10H16N2O3. The lowest BCUT2D eigenvalue weighted by atomic mass is 10.2. The maximum atomic E-state index is 11.6. The monoisotopic (exact) mass is 212 g/mol. The van der Waals surface area contributed by atoms with Gasteiger partial charge in [-0.05, 0) is 34.6 Å². The van der Waals surface area contributed by atoms with Crippen LogP contribution >= 0.6 is 0 Å². The van der Waals surface area contributed by atoms with E-state index in [4.69, 9.17) is 4.74 Å². The first-order valence-electron chi connectivity index (χ1n) is 4.71. The van der Waals surface area contributed by atoms with Crippen molar-refractivity contribution in [3.05, 3.63) is 11.4 Å². The highest BCUT2D eigenvalue weighted by Gasteiger charge is 2.22. The average molecular weight is 212 g/mol. The van der Waals surface area contributed by atoms with Crippen LogP contribution in [-0.2, 0) is 4.74 Å². The summed E-state index contributed by atoms with van der Waals surface area (Å²) in [6, 6.07) is 0. The van der Waals surface area contributed by atoms with Gasteiger partial charge in [-0.1, -0.05) is 0 Å². The number of nitrogens with zero attached hydrogens (tertiary/aromatic N) is 2. The predicted octanol–water partition coefficient (Wildman–Crippen LogP) is 1.99. The topological polar surface area (TPSA) is 64.4 Å². The van der Waals surface area contributed by atoms with Gasteiger partial charge in [-0.3, -0.25) is 0 Å². The second-order valence-electron chi connectivity index (χ2n) is 4.41. The summed E-state index contributed by atoms with van der Waals surface area (Å²) in [5, 5.41) is 13.4. The van der Waals surface area contributed by atoms with E-state index in [1.165, 1.54) is 0 Å². The van der Waals surface area contributed by atoms with E-state index < -0.39 is 11.7 Å². The van der Waals surface area contributed by atoms with Crippen molar-refractivity contribution in [2.24, 2.45) is 0 Å². The molecule has 0 aliphatic heterocycles. The fourth-order valence-electron chi connectivity index (χ4n) is 1.12. The van der Waals surface area contributed by atoms with E-state index in [1.807, 2.05) is 0 Å². The highest BCUT2D eigenvalue weighted by Crippen LogP contribution is 2.20. The minimum Gasteiger partial charge on any atom is -0.504 e. The molecule has 0 aromatic carbocycles. The molecule has 84 valence electrons. The smallest absolute Gasteiger partial charge is 0.435 e. The van der Waals surface area contributed by atoms with Crippen LogP contribution in [0.3, 0.4) is 0 Å². The molecule has 0 aliphatic rings. The highest BCUT2D eigenvalue weighted by atomic mass is 16.6. The largest absolute Gasteiger partial charge is 0.504 e. The minimum absolute atomic E-state index is 0.0286. The summed E-state index contributed by atoms with van der Waals surface area (Å²) in [7, 11) is 0. The molecule has 1 aromatic rings. The molecule has 0 bridgehead atoms. The maximum absolute atomic E-state index is 11.6. The molecule has 0 unspecified atom stereocenters. The number of ether oxygens (including phenoxy) is 1. The Labute approximate surface area is 88.7 Å². The molecule has 5 nitrogen and oxygen atoms in total. The molecule has 0 aliphatic carbocycles. The number of carbonyl (C=O) groups is 1. The van der Waals surface area contributed by atoms with Gasteiger partial charge in [0.05, 0.1) is 5.69 Å². The Morgan fingerprint density at radius 1 is 1.40 bits per heavy atom. The maximum Gasteiger partial charge on any atom is 0.435 e. The van der Waals surface area contributed by atoms with Gasteiger partial charge < -0.3 is 9.84 Å². The summed E-state index contributed by atoms with van der Waals surface area (Å²) in [4.78, 5) is 11.6. The third-order valence-corrected chi connectivity index (χ3v) is 1.82. The molecule has 0 saturated heterocycles. The minimum atomic E-state index is -0.580. The molecule has 5 heteroatoms. The molecule has 0 radical (unpaired) electrons. The number of aromatic nitrogens is 2. The van der Waals surface area contributed by atoms with Crippen LogP contribution < -0.4 is 0 Å². The van der Waals surface area contributed by atoms with E-state index >= 15 is 0 Å². The second kappa shape index (κ2) is 3.56. The predicted molar refractivity (Wildman–Crippen MR) is 55.0 cm³/mol. The van der Waals surface area contributed by atoms with Crippen LogP contribution in [0, 0.1) is 13.8 Å². The van der Waals surface area contributed by atoms with E-state index in [1.54, 1.807) is 34.6 Å². The quantitative estimate of drug-likeness (QED) is 0.714. The van der Waals surface area contributed by atoms with Crippen LogP contribution in [0.5, 0.6) is 5.75 Å². The lowest BCUT2D eigenvalue weighted by Crippen LogP contribution is -2.28. The van der Waals surface area contributed by atoms with E-state index in [0.717, 1.165) is 4.68 Å². The first-order chi connectivity index (χ1) is 6.72. The Bertz CT molecular complexity index is 388. The van der Waals surface area contributed by atoms with Crippen LogP contribution in [0.4, 0.5) is 4.79 Å². The van der Waals surface area contributed by atoms with Gasteiger partial charge in [-0.25, -0.2) is 4.79 Å². The Morgan fingerprint density at radius 2 is 1.93 bits per heavy atom. The number of aromatic hydroxyl groups is 1. The van der Waals surface area contributed by atoms with E-state index in [-0.39, 0.29) is 5.75 Å². The summed E-state index contributed by atoms with van der Waals surface area (Å²) in [6.45, 7) is 8.56. The summed E-state index contributed by atoms with van der Waals surface area (Å²) >= 11 is 0. The Kier molecular flexibility index (Phi) is 2.75. The first-order valence-corrected chi connectivity index (χ1v) is 4.71. The number of carbonyl (C=O) groups excluding carboxylic acids is 1. The molecule has 0 atom stereocenters. The van der Waals surface area contributed by atoms with Crippen LogP contribution in [0.25, 0.3) is 0 Å². The molecule has 0 saturated carbocycles. The van der Waals surface area contributed by atoms with Crippen molar-refractivity contribution in [3.8, 4) is 5.75 Å². The normalized spacial score (nSPS) is 11.5. The fraction of sp³-hybridized carbons (Fsp3) is 0.600. The van der Waals surface area contributed by atoms with Crippen LogP contribution in [0.2, 0.25) is 0 Å². The van der Waals surface area contributed by atoms with E-state index in [2.05, 4.69) is 5.10 Å². The van der Waals surface area contributed by atoms with Gasteiger partial charge in [0.15, 0.2) is 5.75 Å². The van der Waals surface area contributed by atoms with E-state index in [0.29, 0.717) is 11.4 Å². The fourth-order valence-corrected chi connectivity index (χ4v) is 1.12. The summed E-state index contributed by atoms with van der Waals surface area (Å²) in [5.74, 6) is 0.0286. The third-order valence-electron chi connectivity index (χ3n) is 1.82. The second-order valence-corrected chi connectivity index (χ2v) is 4.41. The molecule has 15 heavy (non-hydrogen) atoms. The van der Waals surface area contributed by atoms with E-state index in [9.17, 15) is 9.90 Å². The van der Waals surface area contributed by atoms with Gasteiger partial charge in [-0.15, -0.1) is 0 Å². The molecular weight excluding hydrogens is 196 g/mol. The molecule has 0 spiro atoms. The van der Waals surface area contributed by atoms with Crippen molar-refractivity contribution in [1.82, 2.24) is 9.78 Å². The lowest BCUT2D eigenvalue weighted by molar-refractivity contribution is 0.0510. The Hall–Kier alpha value is -1.52. The van der Waals surface area contributed by atoms with Gasteiger partial charge in [0.1, 0.15) is 11.3 Å². The van der Waals surface area contributed by atoms with Crippen molar-refractivity contribution in [2.45, 2.75) is 40.2 Å². The zero-order valence-corrected chi connectivity index (χ0v) is 9.66. The summed E-state index contributed by atoms with van der Waals surface area (Å²) < 4.78 is 6.19. The number of rotatable bonds is 0. The van der Waals surface area contributed by atoms with Crippen molar-refractivity contribution >= 4 is 6.09 Å². The molecule has 0 fully saturated rings. The zero-order chi connectivity index (χ0) is 11.8. The zero-order valence-electron chi connectivity index (χ0n) is 9.66. The first kappa shape index (κ1) is 11.6. The third kappa shape index (κ3) is 2.49. The van der Waals surface area contributed by atoms with Crippen molar-refractivity contribution in [2.75, 3.05) is 0 Å². The van der Waals surface area contributed by atoms with Crippen molar-refractivity contribution in [1.29, 1.82) is 0 Å². The van der Waals surface area contributed by atoms with Crippen molar-refractivity contribution in [3.63, 3.8) is 0 Å². The van der Waals surface area contributed by atoms with Gasteiger partial charge >= 0.3 is 6.09 Å². The summed E-state index contributed by atoms with van der Waals surface area (Å²) in [5.41, 5.74) is 0.235. The van der Waals surface area contributed by atoms with Gasteiger partial charge in [-0.2, -0.15) is 9.78 Å². The molecule has 0 amide bonds. The Balaban J connectivity index is 2.98. The average Bonchev–Trinajstić information content (AvgIpc) is 2.30.